The van der Waals surface area contributed by atoms with Crippen molar-refractivity contribution in [1.29, 1.82) is 0 Å². The molecule has 106 valence electrons. The highest BCUT2D eigenvalue weighted by Crippen LogP contribution is 2.10. The minimum Gasteiger partial charge on any atom is -0.446 e. The van der Waals surface area contributed by atoms with Gasteiger partial charge in [-0.3, -0.25) is 9.78 Å². The van der Waals surface area contributed by atoms with Gasteiger partial charge in [0.1, 0.15) is 6.10 Å². The summed E-state index contributed by atoms with van der Waals surface area (Å²) in [6, 6.07) is 0. The van der Waals surface area contributed by atoms with Crippen molar-refractivity contribution in [2.45, 2.75) is 45.6 Å². The molecule has 0 aliphatic rings. The topological polar surface area (TPSA) is 81.2 Å². The van der Waals surface area contributed by atoms with E-state index in [1.807, 2.05) is 13.8 Å². The molecule has 0 unspecified atom stereocenters. The van der Waals surface area contributed by atoms with E-state index >= 15 is 0 Å². The molecule has 1 aromatic rings. The lowest BCUT2D eigenvalue weighted by Gasteiger charge is -2.16. The average Bonchev–Trinajstić information content (AvgIpc) is 2.34. The number of nitrogens with zero attached hydrogens (tertiary/aromatic N) is 1. The van der Waals surface area contributed by atoms with E-state index in [0.717, 1.165) is 12.8 Å². The number of hydrogen-bond donors (Lipinski definition) is 1. The molecular formula is C12H17FN2O4. The number of H-pyrrole nitrogens is 1. The highest BCUT2D eigenvalue weighted by molar-refractivity contribution is 5.70. The minimum atomic E-state index is -1.21. The Balaban J connectivity index is 2.91. The molecule has 0 aromatic carbocycles. The largest absolute Gasteiger partial charge is 0.446 e. The van der Waals surface area contributed by atoms with E-state index in [0.29, 0.717) is 23.6 Å². The normalized spacial score (nSPS) is 10.7. The molecule has 0 fully saturated rings. The van der Waals surface area contributed by atoms with Crippen LogP contribution in [-0.4, -0.2) is 21.7 Å². The van der Waals surface area contributed by atoms with Crippen LogP contribution in [0.2, 0.25) is 0 Å². The van der Waals surface area contributed by atoms with Crippen LogP contribution in [0.5, 0.6) is 0 Å². The summed E-state index contributed by atoms with van der Waals surface area (Å²) < 4.78 is 18.6. The Bertz CT molecular complexity index is 543. The molecule has 0 bridgehead atoms. The van der Waals surface area contributed by atoms with Crippen LogP contribution in [0, 0.1) is 5.82 Å². The summed E-state index contributed by atoms with van der Waals surface area (Å²) in [4.78, 5) is 35.7. The summed E-state index contributed by atoms with van der Waals surface area (Å²) in [7, 11) is 0. The molecule has 0 amide bonds. The second-order valence-corrected chi connectivity index (χ2v) is 4.19. The van der Waals surface area contributed by atoms with Crippen LogP contribution >= 0.6 is 0 Å². The molecule has 1 rings (SSSR count). The van der Waals surface area contributed by atoms with Gasteiger partial charge in [-0.2, -0.15) is 4.39 Å². The minimum absolute atomic E-state index is 0.315. The first kappa shape index (κ1) is 15.1. The van der Waals surface area contributed by atoms with E-state index in [1.54, 1.807) is 4.98 Å². The molecule has 1 aromatic heterocycles. The van der Waals surface area contributed by atoms with Gasteiger partial charge in [-0.15, -0.1) is 0 Å². The molecule has 19 heavy (non-hydrogen) atoms. The first-order valence-electron chi connectivity index (χ1n) is 6.22. The number of aromatic amines is 1. The Morgan fingerprint density at radius 1 is 1.37 bits per heavy atom. The Morgan fingerprint density at radius 2 is 1.95 bits per heavy atom. The predicted molar refractivity (Wildman–Crippen MR) is 66.8 cm³/mol. The molecule has 0 saturated heterocycles. The molecule has 0 aliphatic carbocycles. The average molecular weight is 272 g/mol. The van der Waals surface area contributed by atoms with Gasteiger partial charge in [-0.1, -0.05) is 26.7 Å². The third-order valence-corrected chi connectivity index (χ3v) is 2.58. The van der Waals surface area contributed by atoms with Crippen LogP contribution in [0.25, 0.3) is 0 Å². The van der Waals surface area contributed by atoms with Gasteiger partial charge in [0, 0.05) is 0 Å². The quantitative estimate of drug-likeness (QED) is 0.883. The van der Waals surface area contributed by atoms with Crippen molar-refractivity contribution >= 4 is 6.09 Å². The molecule has 6 nitrogen and oxygen atoms in total. The SMILES string of the molecule is CCCC(CCC)OC(=O)n1cc(F)c(=O)[nH]c1=O. The molecular weight excluding hydrogens is 255 g/mol. The fourth-order valence-corrected chi connectivity index (χ4v) is 1.69. The Morgan fingerprint density at radius 3 is 2.47 bits per heavy atom. The van der Waals surface area contributed by atoms with Gasteiger partial charge in [0.2, 0.25) is 5.82 Å². The zero-order valence-corrected chi connectivity index (χ0v) is 10.9. The van der Waals surface area contributed by atoms with E-state index in [2.05, 4.69) is 0 Å². The van der Waals surface area contributed by atoms with Crippen LogP contribution in [0.15, 0.2) is 15.8 Å². The molecule has 0 saturated carbocycles. The molecule has 0 radical (unpaired) electrons. The van der Waals surface area contributed by atoms with Crippen LogP contribution in [0.1, 0.15) is 39.5 Å². The van der Waals surface area contributed by atoms with Crippen LogP contribution in [0.4, 0.5) is 9.18 Å². The standard InChI is InChI=1S/C12H17FN2O4/c1-3-5-8(6-4-2)19-12(18)15-7-9(13)10(16)14-11(15)17/h7-8H,3-6H2,1-2H3,(H,14,16,17). The molecule has 1 N–H and O–H groups in total. The Labute approximate surface area is 109 Å². The second-order valence-electron chi connectivity index (χ2n) is 4.19. The summed E-state index contributed by atoms with van der Waals surface area (Å²) >= 11 is 0. The number of halogens is 1. The molecule has 7 heteroatoms. The number of carbonyl (C=O) groups is 1. The second kappa shape index (κ2) is 6.86. The zero-order chi connectivity index (χ0) is 14.4. The maximum absolute atomic E-state index is 13.0. The van der Waals surface area contributed by atoms with Gasteiger partial charge in [-0.05, 0) is 12.8 Å². The van der Waals surface area contributed by atoms with Gasteiger partial charge in [0.25, 0.3) is 5.56 Å². The van der Waals surface area contributed by atoms with E-state index in [4.69, 9.17) is 4.74 Å². The number of nitrogens with one attached hydrogen (secondary N) is 1. The predicted octanol–water partition coefficient (Wildman–Crippen LogP) is 1.63. The summed E-state index contributed by atoms with van der Waals surface area (Å²) in [5.74, 6) is -1.21. The summed E-state index contributed by atoms with van der Waals surface area (Å²) in [5, 5.41) is 0. The first-order valence-corrected chi connectivity index (χ1v) is 6.22. The number of ether oxygens (including phenoxy) is 1. The van der Waals surface area contributed by atoms with Gasteiger partial charge in [0.05, 0.1) is 6.20 Å². The van der Waals surface area contributed by atoms with Crippen molar-refractivity contribution in [3.05, 3.63) is 32.9 Å². The van der Waals surface area contributed by atoms with Crippen LogP contribution < -0.4 is 11.2 Å². The highest BCUT2D eigenvalue weighted by atomic mass is 19.1. The lowest BCUT2D eigenvalue weighted by molar-refractivity contribution is 0.0865. The molecule has 0 aliphatic heterocycles. The van der Waals surface area contributed by atoms with Crippen molar-refractivity contribution in [3.63, 3.8) is 0 Å². The van der Waals surface area contributed by atoms with Crippen LogP contribution in [-0.2, 0) is 4.74 Å². The van der Waals surface area contributed by atoms with Gasteiger partial charge in [-0.25, -0.2) is 14.2 Å². The zero-order valence-electron chi connectivity index (χ0n) is 10.9. The lowest BCUT2D eigenvalue weighted by Crippen LogP contribution is -2.37. The highest BCUT2D eigenvalue weighted by Gasteiger charge is 2.17. The van der Waals surface area contributed by atoms with E-state index in [9.17, 15) is 18.8 Å². The monoisotopic (exact) mass is 272 g/mol. The van der Waals surface area contributed by atoms with E-state index in [1.165, 1.54) is 0 Å². The van der Waals surface area contributed by atoms with E-state index < -0.39 is 23.2 Å². The number of aromatic nitrogens is 2. The smallest absolute Gasteiger partial charge is 0.422 e. The summed E-state index contributed by atoms with van der Waals surface area (Å²) in [5.41, 5.74) is -2.17. The summed E-state index contributed by atoms with van der Waals surface area (Å²) in [6.45, 7) is 3.89. The van der Waals surface area contributed by atoms with Crippen molar-refractivity contribution in [1.82, 2.24) is 9.55 Å². The Kier molecular flexibility index (Phi) is 5.47. The maximum Gasteiger partial charge on any atom is 0.422 e. The third kappa shape index (κ3) is 4.04. The van der Waals surface area contributed by atoms with Gasteiger partial charge >= 0.3 is 11.8 Å². The van der Waals surface area contributed by atoms with Gasteiger partial charge in [0.15, 0.2) is 0 Å². The molecule has 1 heterocycles. The fourth-order valence-electron chi connectivity index (χ4n) is 1.69. The van der Waals surface area contributed by atoms with Crippen LogP contribution in [0.3, 0.4) is 0 Å². The van der Waals surface area contributed by atoms with Crippen molar-refractivity contribution in [3.8, 4) is 0 Å². The fraction of sp³-hybridized carbons (Fsp3) is 0.583. The number of carbonyl (C=O) groups excluding carboxylic acids is 1. The number of rotatable bonds is 5. The summed E-state index contributed by atoms with van der Waals surface area (Å²) in [6.07, 6.45) is 2.23. The van der Waals surface area contributed by atoms with Crippen molar-refractivity contribution in [2.24, 2.45) is 0 Å². The molecule has 0 spiro atoms. The molecule has 0 atom stereocenters. The number of hydrogen-bond acceptors (Lipinski definition) is 4. The van der Waals surface area contributed by atoms with Crippen molar-refractivity contribution in [2.75, 3.05) is 0 Å². The lowest BCUT2D eigenvalue weighted by atomic mass is 10.1. The third-order valence-electron chi connectivity index (χ3n) is 2.58. The van der Waals surface area contributed by atoms with Crippen molar-refractivity contribution < 1.29 is 13.9 Å². The van der Waals surface area contributed by atoms with E-state index in [-0.39, 0.29) is 6.10 Å². The maximum atomic E-state index is 13.0. The Hall–Kier alpha value is -1.92. The van der Waals surface area contributed by atoms with Gasteiger partial charge < -0.3 is 4.74 Å². The first-order chi connectivity index (χ1) is 8.99.